The lowest BCUT2D eigenvalue weighted by molar-refractivity contribution is -0.131. The number of benzene rings is 1. The van der Waals surface area contributed by atoms with Crippen LogP contribution in [0.25, 0.3) is 11.0 Å². The first-order valence-corrected chi connectivity index (χ1v) is 11.2. The van der Waals surface area contributed by atoms with Crippen molar-refractivity contribution in [2.75, 3.05) is 6.54 Å². The fraction of sp³-hybridized carbons (Fsp3) is 0.667. The first-order chi connectivity index (χ1) is 13.4. The van der Waals surface area contributed by atoms with Crippen LogP contribution in [-0.4, -0.2) is 32.4 Å². The maximum Gasteiger partial charge on any atom is 0.223 e. The number of likely N-dealkylation sites (tertiary alicyclic amines) is 1. The van der Waals surface area contributed by atoms with Crippen LogP contribution in [0.1, 0.15) is 90.8 Å². The number of para-hydroxylation sites is 2. The Morgan fingerprint density at radius 1 is 1.04 bits per heavy atom. The van der Waals surface area contributed by atoms with Gasteiger partial charge in [0.2, 0.25) is 5.91 Å². The maximum absolute atomic E-state index is 12.6. The minimum atomic E-state index is -0.124. The van der Waals surface area contributed by atoms with Crippen molar-refractivity contribution >= 4 is 16.9 Å². The van der Waals surface area contributed by atoms with E-state index in [0.717, 1.165) is 24.4 Å². The molecule has 0 bridgehead atoms. The molecular weight excluding hydrogens is 346 g/mol. The summed E-state index contributed by atoms with van der Waals surface area (Å²) in [5.74, 6) is 1.56. The number of hydrogen-bond acceptors (Lipinski definition) is 2. The van der Waals surface area contributed by atoms with Crippen molar-refractivity contribution < 1.29 is 4.79 Å². The molecule has 1 aromatic heterocycles. The number of amides is 1. The molecule has 0 N–H and O–H groups in total. The van der Waals surface area contributed by atoms with E-state index in [0.29, 0.717) is 6.42 Å². The minimum Gasteiger partial charge on any atom is -0.337 e. The third kappa shape index (κ3) is 4.76. The van der Waals surface area contributed by atoms with E-state index in [9.17, 15) is 4.79 Å². The highest BCUT2D eigenvalue weighted by Gasteiger charge is 2.38. The van der Waals surface area contributed by atoms with Crippen LogP contribution in [0.5, 0.6) is 0 Å². The largest absolute Gasteiger partial charge is 0.337 e. The Hall–Kier alpha value is -1.84. The van der Waals surface area contributed by atoms with Gasteiger partial charge in [-0.15, -0.1) is 0 Å². The van der Waals surface area contributed by atoms with Gasteiger partial charge >= 0.3 is 0 Å². The summed E-state index contributed by atoms with van der Waals surface area (Å²) in [6.45, 7) is 10.4. The second-order valence-electron chi connectivity index (χ2n) is 9.31. The second kappa shape index (κ2) is 9.11. The molecule has 2 heterocycles. The van der Waals surface area contributed by atoms with E-state index in [1.54, 1.807) is 0 Å². The van der Waals surface area contributed by atoms with E-state index in [2.05, 4.69) is 56.5 Å². The molecule has 1 amide bonds. The normalized spacial score (nSPS) is 17.8. The molecule has 0 spiro atoms. The Balaban J connectivity index is 1.72. The molecule has 154 valence electrons. The van der Waals surface area contributed by atoms with E-state index >= 15 is 0 Å². The molecule has 1 unspecified atom stereocenters. The number of carbonyl (C=O) groups is 1. The zero-order valence-corrected chi connectivity index (χ0v) is 18.2. The van der Waals surface area contributed by atoms with Gasteiger partial charge in [0.05, 0.1) is 11.0 Å². The van der Waals surface area contributed by atoms with E-state index in [-0.39, 0.29) is 17.4 Å². The van der Waals surface area contributed by atoms with Crippen molar-refractivity contribution in [3.8, 4) is 0 Å². The number of imidazole rings is 1. The summed E-state index contributed by atoms with van der Waals surface area (Å²) in [6.07, 6.45) is 9.73. The van der Waals surface area contributed by atoms with Crippen molar-refractivity contribution in [2.24, 2.45) is 0 Å². The first-order valence-electron chi connectivity index (χ1n) is 11.2. The van der Waals surface area contributed by atoms with E-state index in [1.807, 2.05) is 4.90 Å². The standard InChI is InChI=1S/C24H37N3O/c1-5-6-7-8-9-10-13-16-26-21-15-12-11-14-20(21)25-23(26)19-17-22(28)27(18-19)24(2,3)4/h11-12,14-15,19H,5-10,13,16-18H2,1-4H3. The van der Waals surface area contributed by atoms with Crippen LogP contribution in [0.3, 0.4) is 0 Å². The summed E-state index contributed by atoms with van der Waals surface area (Å²) in [4.78, 5) is 19.6. The van der Waals surface area contributed by atoms with Gasteiger partial charge in [-0.1, -0.05) is 57.6 Å². The summed E-state index contributed by atoms with van der Waals surface area (Å²) in [5, 5.41) is 0. The summed E-state index contributed by atoms with van der Waals surface area (Å²) in [5.41, 5.74) is 2.15. The van der Waals surface area contributed by atoms with Crippen LogP contribution < -0.4 is 0 Å². The van der Waals surface area contributed by atoms with Crippen LogP contribution in [0.2, 0.25) is 0 Å². The van der Waals surface area contributed by atoms with Crippen molar-refractivity contribution in [3.63, 3.8) is 0 Å². The zero-order valence-electron chi connectivity index (χ0n) is 18.2. The molecule has 2 aromatic rings. The summed E-state index contributed by atoms with van der Waals surface area (Å²) in [7, 11) is 0. The summed E-state index contributed by atoms with van der Waals surface area (Å²) < 4.78 is 2.39. The number of nitrogens with zero attached hydrogens (tertiary/aromatic N) is 3. The smallest absolute Gasteiger partial charge is 0.223 e. The van der Waals surface area contributed by atoms with Gasteiger partial charge in [-0.2, -0.15) is 0 Å². The highest BCUT2D eigenvalue weighted by Crippen LogP contribution is 2.34. The second-order valence-corrected chi connectivity index (χ2v) is 9.31. The van der Waals surface area contributed by atoms with Gasteiger partial charge in [-0.25, -0.2) is 4.98 Å². The monoisotopic (exact) mass is 383 g/mol. The van der Waals surface area contributed by atoms with Gasteiger partial charge in [-0.3, -0.25) is 4.79 Å². The average molecular weight is 384 g/mol. The molecule has 4 nitrogen and oxygen atoms in total. The maximum atomic E-state index is 12.6. The molecule has 1 fully saturated rings. The van der Waals surface area contributed by atoms with Crippen molar-refractivity contribution in [3.05, 3.63) is 30.1 Å². The molecule has 1 saturated heterocycles. The Morgan fingerprint density at radius 2 is 1.71 bits per heavy atom. The zero-order chi connectivity index (χ0) is 20.1. The van der Waals surface area contributed by atoms with E-state index in [4.69, 9.17) is 4.98 Å². The van der Waals surface area contributed by atoms with Crippen molar-refractivity contribution in [1.29, 1.82) is 0 Å². The molecule has 1 aliphatic heterocycles. The molecular formula is C24H37N3O. The van der Waals surface area contributed by atoms with Gasteiger partial charge in [0.1, 0.15) is 5.82 Å². The SMILES string of the molecule is CCCCCCCCCn1c(C2CC(=O)N(C(C)(C)C)C2)nc2ccccc21. The van der Waals surface area contributed by atoms with E-state index < -0.39 is 0 Å². The molecule has 0 saturated carbocycles. The number of rotatable bonds is 9. The number of aryl methyl sites for hydroxylation is 1. The fourth-order valence-electron chi connectivity index (χ4n) is 4.40. The number of carbonyl (C=O) groups excluding carboxylic acids is 1. The number of hydrogen-bond donors (Lipinski definition) is 0. The van der Waals surface area contributed by atoms with Crippen molar-refractivity contribution in [2.45, 2.75) is 97.1 Å². The molecule has 0 radical (unpaired) electrons. The third-order valence-corrected chi connectivity index (χ3v) is 5.97. The van der Waals surface area contributed by atoms with Gasteiger partial charge in [0.15, 0.2) is 0 Å². The Bertz CT molecular complexity index is 787. The lowest BCUT2D eigenvalue weighted by Crippen LogP contribution is -2.42. The summed E-state index contributed by atoms with van der Waals surface area (Å²) >= 11 is 0. The van der Waals surface area contributed by atoms with Gasteiger partial charge in [-0.05, 0) is 39.3 Å². The predicted molar refractivity (Wildman–Crippen MR) is 117 cm³/mol. The topological polar surface area (TPSA) is 38.1 Å². The molecule has 1 atom stereocenters. The lowest BCUT2D eigenvalue weighted by Gasteiger charge is -2.32. The number of aromatic nitrogens is 2. The Labute approximate surface area is 170 Å². The minimum absolute atomic E-state index is 0.124. The van der Waals surface area contributed by atoms with Crippen LogP contribution in [0.15, 0.2) is 24.3 Å². The third-order valence-electron chi connectivity index (χ3n) is 5.97. The molecule has 4 heteroatoms. The molecule has 1 aliphatic rings. The van der Waals surface area contributed by atoms with Gasteiger partial charge in [0.25, 0.3) is 0 Å². The Morgan fingerprint density at radius 3 is 2.39 bits per heavy atom. The van der Waals surface area contributed by atoms with Crippen molar-refractivity contribution in [1.82, 2.24) is 14.5 Å². The molecule has 28 heavy (non-hydrogen) atoms. The highest BCUT2D eigenvalue weighted by atomic mass is 16.2. The molecule has 0 aliphatic carbocycles. The van der Waals surface area contributed by atoms with Crippen LogP contribution in [-0.2, 0) is 11.3 Å². The quantitative estimate of drug-likeness (QED) is 0.506. The Kier molecular flexibility index (Phi) is 6.79. The van der Waals surface area contributed by atoms with E-state index in [1.165, 1.54) is 50.5 Å². The number of unbranched alkanes of at least 4 members (excludes halogenated alkanes) is 6. The first kappa shape index (κ1) is 20.9. The highest BCUT2D eigenvalue weighted by molar-refractivity contribution is 5.81. The van der Waals surface area contributed by atoms with Crippen LogP contribution in [0.4, 0.5) is 0 Å². The molecule has 3 rings (SSSR count). The fourth-order valence-corrected chi connectivity index (χ4v) is 4.40. The number of fused-ring (bicyclic) bond motifs is 1. The van der Waals surface area contributed by atoms with Gasteiger partial charge < -0.3 is 9.47 Å². The molecule has 1 aromatic carbocycles. The predicted octanol–water partition coefficient (Wildman–Crippen LogP) is 5.90. The lowest BCUT2D eigenvalue weighted by atomic mass is 10.1. The summed E-state index contributed by atoms with van der Waals surface area (Å²) in [6, 6.07) is 8.42. The van der Waals surface area contributed by atoms with Gasteiger partial charge in [0, 0.05) is 31.0 Å². The van der Waals surface area contributed by atoms with Crippen LogP contribution in [0, 0.1) is 0 Å². The van der Waals surface area contributed by atoms with Crippen LogP contribution >= 0.6 is 0 Å². The average Bonchev–Trinajstić information content (AvgIpc) is 3.21.